The van der Waals surface area contributed by atoms with Crippen LogP contribution < -0.4 is 5.32 Å². The lowest BCUT2D eigenvalue weighted by molar-refractivity contribution is 0.0921. The molecule has 1 atom stereocenters. The van der Waals surface area contributed by atoms with Gasteiger partial charge >= 0.3 is 0 Å². The van der Waals surface area contributed by atoms with Crippen LogP contribution in [0.25, 0.3) is 0 Å². The highest BCUT2D eigenvalue weighted by molar-refractivity contribution is 4.78. The van der Waals surface area contributed by atoms with Crippen molar-refractivity contribution in [1.29, 1.82) is 0 Å². The van der Waals surface area contributed by atoms with Crippen molar-refractivity contribution in [2.45, 2.75) is 52.1 Å². The van der Waals surface area contributed by atoms with E-state index in [1.54, 1.807) is 0 Å². The normalized spacial score (nSPS) is 23.5. The van der Waals surface area contributed by atoms with E-state index in [1.165, 1.54) is 52.0 Å². The van der Waals surface area contributed by atoms with E-state index in [1.807, 2.05) is 0 Å². The topological polar surface area (TPSA) is 18.5 Å². The van der Waals surface area contributed by atoms with E-state index in [-0.39, 0.29) is 0 Å². The van der Waals surface area contributed by atoms with Gasteiger partial charge in [0.05, 0.1) is 0 Å². The Morgan fingerprint density at radius 2 is 2.00 bits per heavy atom. The second-order valence-corrected chi connectivity index (χ2v) is 5.66. The molecule has 0 aromatic rings. The van der Waals surface area contributed by atoms with Crippen molar-refractivity contribution in [1.82, 2.24) is 15.1 Å². The van der Waals surface area contributed by atoms with E-state index in [2.05, 4.69) is 42.9 Å². The number of unbranched alkanes of at least 4 members (excludes halogenated alkanes) is 1. The summed E-state index contributed by atoms with van der Waals surface area (Å²) in [6, 6.07) is 1.40. The molecule has 3 nitrogen and oxygen atoms in total. The van der Waals surface area contributed by atoms with E-state index >= 15 is 0 Å². The number of piperazine rings is 1. The molecule has 0 aromatic carbocycles. The fraction of sp³-hybridized carbons (Fsp3) is 1.00. The van der Waals surface area contributed by atoms with Crippen LogP contribution in [0.2, 0.25) is 0 Å². The number of hydrogen-bond acceptors (Lipinski definition) is 3. The van der Waals surface area contributed by atoms with Crippen LogP contribution >= 0.6 is 0 Å². The molecule has 1 unspecified atom stereocenters. The number of likely N-dealkylation sites (N-methyl/N-ethyl adjacent to an activating group) is 1. The number of rotatable bonds is 7. The molecule has 1 N–H and O–H groups in total. The van der Waals surface area contributed by atoms with Gasteiger partial charge in [-0.25, -0.2) is 0 Å². The third-order valence-electron chi connectivity index (χ3n) is 3.79. The minimum atomic E-state index is 0.628. The highest BCUT2D eigenvalue weighted by Crippen LogP contribution is 2.11. The highest BCUT2D eigenvalue weighted by atomic mass is 15.3. The van der Waals surface area contributed by atoms with Crippen molar-refractivity contribution in [3.05, 3.63) is 0 Å². The second kappa shape index (κ2) is 8.06. The Bertz CT molecular complexity index is 194. The largest absolute Gasteiger partial charge is 0.315 e. The number of hydrogen-bond donors (Lipinski definition) is 1. The predicted octanol–water partition coefficient (Wildman–Crippen LogP) is 1.79. The first kappa shape index (κ1) is 14.9. The van der Waals surface area contributed by atoms with Crippen molar-refractivity contribution in [3.8, 4) is 0 Å². The molecule has 1 aliphatic heterocycles. The molecule has 0 aliphatic carbocycles. The maximum Gasteiger partial charge on any atom is 0.0218 e. The summed E-state index contributed by atoms with van der Waals surface area (Å²) in [5.41, 5.74) is 0. The van der Waals surface area contributed by atoms with E-state index in [0.29, 0.717) is 6.04 Å². The van der Waals surface area contributed by atoms with Crippen LogP contribution in [-0.4, -0.2) is 61.7 Å². The predicted molar refractivity (Wildman–Crippen MR) is 75.5 cm³/mol. The summed E-state index contributed by atoms with van der Waals surface area (Å²) in [5, 5.41) is 3.48. The summed E-state index contributed by atoms with van der Waals surface area (Å²) >= 11 is 0. The molecule has 0 spiro atoms. The van der Waals surface area contributed by atoms with Gasteiger partial charge in [-0.3, -0.25) is 0 Å². The van der Waals surface area contributed by atoms with E-state index < -0.39 is 0 Å². The Balaban J connectivity index is 2.07. The van der Waals surface area contributed by atoms with Crippen LogP contribution in [0.5, 0.6) is 0 Å². The van der Waals surface area contributed by atoms with Crippen LogP contribution in [0.4, 0.5) is 0 Å². The van der Waals surface area contributed by atoms with E-state index in [0.717, 1.165) is 6.04 Å². The summed E-state index contributed by atoms with van der Waals surface area (Å²) in [4.78, 5) is 5.15. The molecule has 0 radical (unpaired) electrons. The maximum absolute atomic E-state index is 3.48. The third-order valence-corrected chi connectivity index (χ3v) is 3.79. The molecule has 0 bridgehead atoms. The molecule has 1 rings (SSSR count). The molecule has 0 saturated carbocycles. The number of nitrogens with one attached hydrogen (secondary N) is 1. The zero-order valence-electron chi connectivity index (χ0n) is 12.2. The van der Waals surface area contributed by atoms with Gasteiger partial charge in [0.25, 0.3) is 0 Å². The molecule has 17 heavy (non-hydrogen) atoms. The molecule has 1 fully saturated rings. The Morgan fingerprint density at radius 1 is 1.24 bits per heavy atom. The Morgan fingerprint density at radius 3 is 2.65 bits per heavy atom. The smallest absolute Gasteiger partial charge is 0.0218 e. The first-order valence-corrected chi connectivity index (χ1v) is 7.29. The molecule has 1 saturated heterocycles. The number of nitrogens with zero attached hydrogens (tertiary/aromatic N) is 2. The van der Waals surface area contributed by atoms with Gasteiger partial charge in [0, 0.05) is 31.7 Å². The first-order valence-electron chi connectivity index (χ1n) is 7.29. The lowest BCUT2D eigenvalue weighted by Crippen LogP contribution is -2.51. The van der Waals surface area contributed by atoms with E-state index in [4.69, 9.17) is 0 Å². The molecule has 0 aromatic heterocycles. The van der Waals surface area contributed by atoms with Crippen molar-refractivity contribution in [2.24, 2.45) is 0 Å². The van der Waals surface area contributed by atoms with E-state index in [9.17, 15) is 0 Å². The van der Waals surface area contributed by atoms with Gasteiger partial charge in [-0.05, 0) is 39.4 Å². The van der Waals surface area contributed by atoms with Crippen LogP contribution in [-0.2, 0) is 0 Å². The average molecular weight is 241 g/mol. The molecule has 1 aliphatic rings. The summed E-state index contributed by atoms with van der Waals surface area (Å²) in [5.74, 6) is 0. The Hall–Kier alpha value is -0.120. The summed E-state index contributed by atoms with van der Waals surface area (Å²) < 4.78 is 0. The zero-order chi connectivity index (χ0) is 12.7. The summed E-state index contributed by atoms with van der Waals surface area (Å²) in [7, 11) is 2.26. The van der Waals surface area contributed by atoms with Gasteiger partial charge in [-0.15, -0.1) is 0 Å². The molecule has 0 amide bonds. The minimum absolute atomic E-state index is 0.628. The lowest BCUT2D eigenvalue weighted by Gasteiger charge is -2.39. The van der Waals surface area contributed by atoms with Gasteiger partial charge in [-0.1, -0.05) is 20.8 Å². The lowest BCUT2D eigenvalue weighted by atomic mass is 10.1. The zero-order valence-corrected chi connectivity index (χ0v) is 12.2. The average Bonchev–Trinajstić information content (AvgIpc) is 2.30. The van der Waals surface area contributed by atoms with Crippen molar-refractivity contribution < 1.29 is 0 Å². The monoisotopic (exact) mass is 241 g/mol. The molecule has 1 heterocycles. The minimum Gasteiger partial charge on any atom is -0.315 e. The first-order chi connectivity index (χ1) is 8.13. The van der Waals surface area contributed by atoms with Gasteiger partial charge < -0.3 is 15.1 Å². The van der Waals surface area contributed by atoms with Crippen LogP contribution in [0.15, 0.2) is 0 Å². The maximum atomic E-state index is 3.48. The van der Waals surface area contributed by atoms with Crippen LogP contribution in [0.3, 0.4) is 0 Å². The standard InChI is InChI=1S/C14H31N3/c1-5-14-12-17(11-10-16(14)4)9-7-6-8-15-13(2)3/h13-15H,5-12H2,1-4H3. The van der Waals surface area contributed by atoms with Gasteiger partial charge in [-0.2, -0.15) is 0 Å². The second-order valence-electron chi connectivity index (χ2n) is 5.66. The van der Waals surface area contributed by atoms with Gasteiger partial charge in [0.15, 0.2) is 0 Å². The fourth-order valence-corrected chi connectivity index (χ4v) is 2.51. The quantitative estimate of drug-likeness (QED) is 0.686. The molecule has 102 valence electrons. The molecule has 3 heteroatoms. The highest BCUT2D eigenvalue weighted by Gasteiger charge is 2.21. The van der Waals surface area contributed by atoms with Crippen molar-refractivity contribution >= 4 is 0 Å². The van der Waals surface area contributed by atoms with Crippen molar-refractivity contribution in [2.75, 3.05) is 39.8 Å². The Kier molecular flexibility index (Phi) is 7.09. The van der Waals surface area contributed by atoms with Gasteiger partial charge in [0.2, 0.25) is 0 Å². The Labute approximate surface area is 108 Å². The molecular weight excluding hydrogens is 210 g/mol. The summed E-state index contributed by atoms with van der Waals surface area (Å²) in [6.07, 6.45) is 3.92. The van der Waals surface area contributed by atoms with Crippen LogP contribution in [0.1, 0.15) is 40.0 Å². The van der Waals surface area contributed by atoms with Crippen molar-refractivity contribution in [3.63, 3.8) is 0 Å². The fourth-order valence-electron chi connectivity index (χ4n) is 2.51. The summed E-state index contributed by atoms with van der Waals surface area (Å²) in [6.45, 7) is 12.9. The molecular formula is C14H31N3. The van der Waals surface area contributed by atoms with Crippen LogP contribution in [0, 0.1) is 0 Å². The SMILES string of the molecule is CCC1CN(CCCCNC(C)C)CCN1C. The van der Waals surface area contributed by atoms with Gasteiger partial charge in [0.1, 0.15) is 0 Å². The third kappa shape index (κ3) is 5.84.